The van der Waals surface area contributed by atoms with Crippen molar-refractivity contribution >= 4 is 0 Å². The van der Waals surface area contributed by atoms with Gasteiger partial charge in [0, 0.05) is 43.9 Å². The van der Waals surface area contributed by atoms with Crippen LogP contribution in [0.25, 0.3) is 0 Å². The molecule has 0 aromatic carbocycles. The summed E-state index contributed by atoms with van der Waals surface area (Å²) in [6.45, 7) is 9.81. The largest absolute Gasteiger partial charge is 0.381 e. The Balaban J connectivity index is 1.25. The van der Waals surface area contributed by atoms with Gasteiger partial charge in [-0.3, -0.25) is 9.58 Å². The molecule has 3 heterocycles. The highest BCUT2D eigenvalue weighted by Crippen LogP contribution is 2.27. The predicted octanol–water partition coefficient (Wildman–Crippen LogP) is 3.72. The van der Waals surface area contributed by atoms with Crippen molar-refractivity contribution in [2.45, 2.75) is 77.8 Å². The molecular weight excluding hydrogens is 366 g/mol. The van der Waals surface area contributed by atoms with Crippen LogP contribution in [0.2, 0.25) is 0 Å². The molecule has 2 aliphatic rings. The van der Waals surface area contributed by atoms with Gasteiger partial charge in [-0.25, -0.2) is 0 Å². The third-order valence-electron chi connectivity index (χ3n) is 6.54. The van der Waals surface area contributed by atoms with E-state index < -0.39 is 0 Å². The summed E-state index contributed by atoms with van der Waals surface area (Å²) in [6, 6.07) is 0. The van der Waals surface area contributed by atoms with Crippen LogP contribution in [0.15, 0.2) is 10.7 Å². The highest BCUT2D eigenvalue weighted by molar-refractivity contribution is 5.16. The van der Waals surface area contributed by atoms with Crippen molar-refractivity contribution in [3.8, 4) is 0 Å². The summed E-state index contributed by atoms with van der Waals surface area (Å²) in [7, 11) is 0. The number of piperidine rings is 1. The Kier molecular flexibility index (Phi) is 6.98. The summed E-state index contributed by atoms with van der Waals surface area (Å²) in [5.41, 5.74) is 2.59. The monoisotopic (exact) mass is 401 g/mol. The second-order valence-electron chi connectivity index (χ2n) is 8.67. The van der Waals surface area contributed by atoms with Gasteiger partial charge in [0.15, 0.2) is 5.82 Å². The van der Waals surface area contributed by atoms with E-state index in [0.717, 1.165) is 69.7 Å². The molecule has 0 spiro atoms. The lowest BCUT2D eigenvalue weighted by molar-refractivity contribution is 0.102. The minimum Gasteiger partial charge on any atom is -0.381 e. The minimum atomic E-state index is 0.325. The van der Waals surface area contributed by atoms with Gasteiger partial charge < -0.3 is 9.26 Å². The first-order chi connectivity index (χ1) is 14.2. The smallest absolute Gasteiger partial charge is 0.231 e. The number of hydrogen-bond acceptors (Lipinski definition) is 6. The van der Waals surface area contributed by atoms with Crippen molar-refractivity contribution in [1.82, 2.24) is 24.8 Å². The Morgan fingerprint density at radius 1 is 1.21 bits per heavy atom. The molecule has 29 heavy (non-hydrogen) atoms. The van der Waals surface area contributed by atoms with Gasteiger partial charge in [0.2, 0.25) is 5.89 Å². The Morgan fingerprint density at radius 2 is 2.07 bits per heavy atom. The average molecular weight is 402 g/mol. The van der Waals surface area contributed by atoms with E-state index in [4.69, 9.17) is 9.26 Å². The maximum atomic E-state index is 5.84. The number of nitrogens with zero attached hydrogens (tertiary/aromatic N) is 5. The van der Waals surface area contributed by atoms with Gasteiger partial charge in [0.05, 0.1) is 18.7 Å². The summed E-state index contributed by atoms with van der Waals surface area (Å²) in [5.74, 6) is 2.66. The number of aromatic nitrogens is 4. The average Bonchev–Trinajstić information content (AvgIpc) is 3.48. The van der Waals surface area contributed by atoms with Crippen LogP contribution in [0.4, 0.5) is 0 Å². The molecule has 1 aliphatic carbocycles. The zero-order valence-electron chi connectivity index (χ0n) is 18.0. The number of ether oxygens (including phenoxy) is 1. The van der Waals surface area contributed by atoms with Crippen molar-refractivity contribution < 1.29 is 9.26 Å². The summed E-state index contributed by atoms with van der Waals surface area (Å²) in [6.07, 6.45) is 10.4. The first-order valence-electron chi connectivity index (χ1n) is 11.4. The third kappa shape index (κ3) is 5.25. The van der Waals surface area contributed by atoms with Crippen LogP contribution in [0.5, 0.6) is 0 Å². The summed E-state index contributed by atoms with van der Waals surface area (Å²) < 4.78 is 13.5. The number of aryl methyl sites for hydroxylation is 1. The third-order valence-corrected chi connectivity index (χ3v) is 6.54. The molecule has 1 saturated heterocycles. The molecule has 1 atom stereocenters. The SMILES string of the molecule is CCn1ncc(CN2CCCC(c3nc(CCOCC4CCCC4)no3)C2)c1C. The zero-order chi connectivity index (χ0) is 20.1. The molecular formula is C22H35N5O2. The standard InChI is InChI=1S/C22H35N5O2/c1-3-27-17(2)20(13-23-27)15-26-11-6-9-19(14-26)22-24-21(25-29-22)10-12-28-16-18-7-4-5-8-18/h13,18-19H,3-12,14-16H2,1-2H3. The van der Waals surface area contributed by atoms with E-state index in [-0.39, 0.29) is 0 Å². The fourth-order valence-corrected chi connectivity index (χ4v) is 4.73. The molecule has 0 amide bonds. The molecule has 7 heteroatoms. The number of hydrogen-bond donors (Lipinski definition) is 0. The van der Waals surface area contributed by atoms with E-state index in [9.17, 15) is 0 Å². The van der Waals surface area contributed by atoms with Crippen LogP contribution in [-0.2, 0) is 24.2 Å². The lowest BCUT2D eigenvalue weighted by Crippen LogP contribution is -2.34. The Morgan fingerprint density at radius 3 is 2.86 bits per heavy atom. The van der Waals surface area contributed by atoms with Gasteiger partial charge in [-0.15, -0.1) is 0 Å². The molecule has 4 rings (SSSR count). The van der Waals surface area contributed by atoms with E-state index in [0.29, 0.717) is 12.5 Å². The fourth-order valence-electron chi connectivity index (χ4n) is 4.73. The first kappa shape index (κ1) is 20.5. The fraction of sp³-hybridized carbons (Fsp3) is 0.773. The normalized spacial score (nSPS) is 21.2. The quantitative estimate of drug-likeness (QED) is 0.597. The van der Waals surface area contributed by atoms with Crippen LogP contribution < -0.4 is 0 Å². The van der Waals surface area contributed by atoms with E-state index in [1.54, 1.807) is 0 Å². The lowest BCUT2D eigenvalue weighted by atomic mass is 9.97. The van der Waals surface area contributed by atoms with E-state index >= 15 is 0 Å². The van der Waals surface area contributed by atoms with Crippen LogP contribution in [0, 0.1) is 12.8 Å². The van der Waals surface area contributed by atoms with E-state index in [1.165, 1.54) is 36.9 Å². The van der Waals surface area contributed by atoms with Gasteiger partial charge in [-0.05, 0) is 52.0 Å². The molecule has 2 aromatic rings. The maximum Gasteiger partial charge on any atom is 0.231 e. The van der Waals surface area contributed by atoms with Gasteiger partial charge in [-0.2, -0.15) is 10.1 Å². The van der Waals surface area contributed by atoms with Gasteiger partial charge in [0.25, 0.3) is 0 Å². The summed E-state index contributed by atoms with van der Waals surface area (Å²) in [5, 5.41) is 8.68. The molecule has 1 saturated carbocycles. The van der Waals surface area contributed by atoms with Crippen LogP contribution in [0.1, 0.15) is 74.3 Å². The van der Waals surface area contributed by atoms with E-state index in [1.807, 2.05) is 6.20 Å². The molecule has 1 unspecified atom stereocenters. The molecule has 0 N–H and O–H groups in total. The molecule has 0 radical (unpaired) electrons. The van der Waals surface area contributed by atoms with Gasteiger partial charge in [0.1, 0.15) is 0 Å². The second kappa shape index (κ2) is 9.85. The first-order valence-corrected chi connectivity index (χ1v) is 11.4. The topological polar surface area (TPSA) is 69.2 Å². The van der Waals surface area contributed by atoms with Crippen LogP contribution in [-0.4, -0.2) is 51.1 Å². The summed E-state index contributed by atoms with van der Waals surface area (Å²) in [4.78, 5) is 7.17. The van der Waals surface area contributed by atoms with Crippen molar-refractivity contribution in [3.63, 3.8) is 0 Å². The lowest BCUT2D eigenvalue weighted by Gasteiger charge is -2.30. The highest BCUT2D eigenvalue weighted by atomic mass is 16.5. The number of rotatable bonds is 9. The predicted molar refractivity (Wildman–Crippen MR) is 111 cm³/mol. The van der Waals surface area contributed by atoms with Gasteiger partial charge in [-0.1, -0.05) is 18.0 Å². The number of likely N-dealkylation sites (tertiary alicyclic amines) is 1. The van der Waals surface area contributed by atoms with Gasteiger partial charge >= 0.3 is 0 Å². The minimum absolute atomic E-state index is 0.325. The molecule has 0 bridgehead atoms. The van der Waals surface area contributed by atoms with Crippen molar-refractivity contribution in [1.29, 1.82) is 0 Å². The van der Waals surface area contributed by atoms with Crippen molar-refractivity contribution in [2.24, 2.45) is 5.92 Å². The van der Waals surface area contributed by atoms with Crippen molar-refractivity contribution in [3.05, 3.63) is 29.2 Å². The highest BCUT2D eigenvalue weighted by Gasteiger charge is 2.26. The Hall–Kier alpha value is -1.73. The summed E-state index contributed by atoms with van der Waals surface area (Å²) >= 11 is 0. The molecule has 7 nitrogen and oxygen atoms in total. The second-order valence-corrected chi connectivity index (χ2v) is 8.67. The Labute approximate surface area is 173 Å². The Bertz CT molecular complexity index is 765. The van der Waals surface area contributed by atoms with E-state index in [2.05, 4.69) is 38.7 Å². The zero-order valence-corrected chi connectivity index (χ0v) is 18.0. The van der Waals surface area contributed by atoms with Crippen molar-refractivity contribution in [2.75, 3.05) is 26.3 Å². The maximum absolute atomic E-state index is 5.84. The molecule has 2 fully saturated rings. The molecule has 160 valence electrons. The van der Waals surface area contributed by atoms with Crippen LogP contribution in [0.3, 0.4) is 0 Å². The molecule has 1 aliphatic heterocycles. The molecule has 2 aromatic heterocycles. The van der Waals surface area contributed by atoms with Crippen LogP contribution >= 0.6 is 0 Å².